The molecule has 4 heterocycles. The summed E-state index contributed by atoms with van der Waals surface area (Å²) in [5, 5.41) is 44.7. The molecule has 2 amide bonds. The summed E-state index contributed by atoms with van der Waals surface area (Å²) >= 11 is 1.19. The smallest absolute Gasteiger partial charge is 0.411 e. The number of carbonyl (C=O) groups excluding carboxylic acids is 2. The molecule has 2 bridgehead atoms. The molecule has 4 aliphatic heterocycles. The van der Waals surface area contributed by atoms with E-state index in [9.17, 15) is 30.0 Å². The molecule has 5 N–H and O–H groups in total. The van der Waals surface area contributed by atoms with E-state index in [2.05, 4.69) is 19.2 Å². The Kier molecular flexibility index (Phi) is 11.3. The van der Waals surface area contributed by atoms with Crippen LogP contribution in [0.5, 0.6) is 0 Å². The van der Waals surface area contributed by atoms with Gasteiger partial charge in [-0.25, -0.2) is 4.79 Å². The molecule has 240 valence electrons. The molecule has 0 saturated carbocycles. The van der Waals surface area contributed by atoms with Gasteiger partial charge in [-0.1, -0.05) is 26.0 Å². The summed E-state index contributed by atoms with van der Waals surface area (Å²) < 4.78 is 18.1. The minimum absolute atomic E-state index is 0.0341. The molecule has 4 rings (SSSR count). The molecule has 0 aromatic rings. The van der Waals surface area contributed by atoms with Crippen molar-refractivity contribution in [2.45, 2.75) is 126 Å². The second-order valence-corrected chi connectivity index (χ2v) is 15.0. The summed E-state index contributed by atoms with van der Waals surface area (Å²) in [6.07, 6.45) is 0.850. The van der Waals surface area contributed by atoms with Crippen LogP contribution in [0.25, 0.3) is 0 Å². The Morgan fingerprint density at radius 3 is 2.48 bits per heavy atom. The third-order valence-electron chi connectivity index (χ3n) is 8.53. The quantitative estimate of drug-likeness (QED) is 0.289. The minimum atomic E-state index is -1.50. The van der Waals surface area contributed by atoms with Crippen molar-refractivity contribution in [2.75, 3.05) is 19.8 Å². The first-order chi connectivity index (χ1) is 19.8. The highest BCUT2D eigenvalue weighted by molar-refractivity contribution is 8.00. The van der Waals surface area contributed by atoms with Gasteiger partial charge >= 0.3 is 6.09 Å². The highest BCUT2D eigenvalue weighted by Gasteiger charge is 2.53. The van der Waals surface area contributed by atoms with Crippen LogP contribution in [0.1, 0.15) is 66.7 Å². The van der Waals surface area contributed by atoms with Crippen LogP contribution in [-0.2, 0) is 19.0 Å². The number of carbonyl (C=O) groups is 2. The maximum Gasteiger partial charge on any atom is 0.411 e. The van der Waals surface area contributed by atoms with Gasteiger partial charge in [-0.3, -0.25) is 9.69 Å². The Labute approximate surface area is 253 Å². The summed E-state index contributed by atoms with van der Waals surface area (Å²) in [5.41, 5.74) is -1.66. The maximum absolute atomic E-state index is 14.1. The summed E-state index contributed by atoms with van der Waals surface area (Å²) in [5.74, 6) is 0.481. The van der Waals surface area contributed by atoms with Crippen LogP contribution in [0.4, 0.5) is 4.79 Å². The summed E-state index contributed by atoms with van der Waals surface area (Å²) in [4.78, 5) is 29.0. The highest BCUT2D eigenvalue weighted by atomic mass is 32.2. The Bertz CT molecular complexity index is 960. The Morgan fingerprint density at radius 1 is 1.10 bits per heavy atom. The molecule has 11 atom stereocenters. The van der Waals surface area contributed by atoms with Gasteiger partial charge < -0.3 is 40.0 Å². The molecular formula is C30H50N2O9S. The lowest BCUT2D eigenvalue weighted by atomic mass is 9.85. The molecule has 0 aromatic carbocycles. The lowest BCUT2D eigenvalue weighted by Crippen LogP contribution is -2.64. The summed E-state index contributed by atoms with van der Waals surface area (Å²) in [7, 11) is 0. The molecule has 42 heavy (non-hydrogen) atoms. The van der Waals surface area contributed by atoms with Crippen molar-refractivity contribution in [1.29, 1.82) is 0 Å². The minimum Gasteiger partial charge on any atom is -0.444 e. The van der Waals surface area contributed by atoms with E-state index in [-0.39, 0.29) is 24.2 Å². The van der Waals surface area contributed by atoms with E-state index in [0.29, 0.717) is 31.4 Å². The van der Waals surface area contributed by atoms with Gasteiger partial charge in [-0.2, -0.15) is 0 Å². The molecule has 3 saturated heterocycles. The molecule has 0 unspecified atom stereocenters. The van der Waals surface area contributed by atoms with E-state index in [1.54, 1.807) is 20.8 Å². The van der Waals surface area contributed by atoms with Crippen LogP contribution >= 0.6 is 11.8 Å². The molecular weight excluding hydrogens is 564 g/mol. The Balaban J connectivity index is 1.60. The number of likely N-dealkylation sites (tertiary alicyclic amines) is 1. The predicted molar refractivity (Wildman–Crippen MR) is 158 cm³/mol. The van der Waals surface area contributed by atoms with Crippen LogP contribution in [0, 0.1) is 17.8 Å². The topological polar surface area (TPSA) is 158 Å². The van der Waals surface area contributed by atoms with Crippen molar-refractivity contribution in [1.82, 2.24) is 10.2 Å². The number of fused-ring (bicyclic) bond motifs is 3. The zero-order chi connectivity index (χ0) is 30.8. The van der Waals surface area contributed by atoms with E-state index < -0.39 is 65.6 Å². The second kappa shape index (κ2) is 14.1. The molecule has 0 spiro atoms. The van der Waals surface area contributed by atoms with Crippen LogP contribution in [-0.4, -0.2) is 116 Å². The number of allylic oxidation sites excluding steroid dienone is 1. The van der Waals surface area contributed by atoms with Crippen molar-refractivity contribution in [2.24, 2.45) is 17.8 Å². The molecule has 11 nitrogen and oxygen atoms in total. The van der Waals surface area contributed by atoms with Gasteiger partial charge in [-0.05, 0) is 64.7 Å². The Morgan fingerprint density at radius 2 is 1.81 bits per heavy atom. The van der Waals surface area contributed by atoms with Crippen molar-refractivity contribution in [3.05, 3.63) is 12.2 Å². The normalized spacial score (nSPS) is 40.1. The number of ether oxygens (including phenoxy) is 3. The van der Waals surface area contributed by atoms with Gasteiger partial charge in [0.1, 0.15) is 41.5 Å². The number of hydrogen-bond donors (Lipinski definition) is 5. The van der Waals surface area contributed by atoms with Crippen LogP contribution in [0.2, 0.25) is 0 Å². The van der Waals surface area contributed by atoms with Gasteiger partial charge in [-0.15, -0.1) is 11.8 Å². The van der Waals surface area contributed by atoms with Gasteiger partial charge in [0.05, 0.1) is 18.8 Å². The van der Waals surface area contributed by atoms with Crippen molar-refractivity contribution < 1.29 is 44.2 Å². The first kappa shape index (κ1) is 33.5. The molecule has 4 aliphatic rings. The first-order valence-corrected chi connectivity index (χ1v) is 16.3. The van der Waals surface area contributed by atoms with E-state index in [0.717, 1.165) is 19.3 Å². The average molecular weight is 615 g/mol. The molecule has 0 aliphatic carbocycles. The fourth-order valence-electron chi connectivity index (χ4n) is 6.65. The number of thioether (sulfide) groups is 1. The average Bonchev–Trinajstić information content (AvgIpc) is 3.15. The zero-order valence-electron chi connectivity index (χ0n) is 25.4. The van der Waals surface area contributed by atoms with Gasteiger partial charge in [0.2, 0.25) is 5.91 Å². The fourth-order valence-corrected chi connectivity index (χ4v) is 7.86. The third kappa shape index (κ3) is 7.99. The summed E-state index contributed by atoms with van der Waals surface area (Å²) in [6.45, 7) is 10.4. The number of nitrogens with zero attached hydrogens (tertiary/aromatic N) is 1. The number of hydrogen-bond acceptors (Lipinski definition) is 10. The van der Waals surface area contributed by atoms with Gasteiger partial charge in [0, 0.05) is 24.3 Å². The molecule has 12 heteroatoms. The number of amides is 2. The number of aliphatic hydroxyl groups excluding tert-OH is 4. The van der Waals surface area contributed by atoms with Crippen molar-refractivity contribution >= 4 is 23.8 Å². The highest BCUT2D eigenvalue weighted by Crippen LogP contribution is 2.39. The van der Waals surface area contributed by atoms with Crippen LogP contribution < -0.4 is 5.32 Å². The standard InChI is InChI=1S/C30H50N2O9S/c1-16(2)12-17-10-11-39-25-18(13-17)14-32(29(38)41-30(3,4)5)21(25)27(37)31-20-9-7-6-8-19(15-33)42-28-24(36)22(34)23(35)26(20)40-28/h6-7,16-26,28,33-36H,8-15H2,1-5H3,(H,31,37)/b7-6-/t17-,18-,19-,20+,21-,22-,23+,24+,25+,26+,28+/m0/s1. The monoisotopic (exact) mass is 614 g/mol. The van der Waals surface area contributed by atoms with E-state index in [1.807, 2.05) is 12.2 Å². The molecule has 0 aromatic heterocycles. The lowest BCUT2D eigenvalue weighted by molar-refractivity contribution is -0.205. The number of nitrogens with one attached hydrogen (secondary N) is 1. The first-order valence-electron chi connectivity index (χ1n) is 15.3. The summed E-state index contributed by atoms with van der Waals surface area (Å²) in [6, 6.07) is -1.71. The molecule has 0 radical (unpaired) electrons. The third-order valence-corrected chi connectivity index (χ3v) is 9.92. The SMILES string of the molecule is CC(C)C[C@@H]1CCO[C@@H]2[C@@H](C1)CN(C(=O)OC(C)(C)C)[C@@H]2C(=O)N[C@@H]1C/C=C\C[C@@H](CO)S[C@H]2O[C@H]1[C@H](O)[C@H](O)[C@H]2O. The second-order valence-electron chi connectivity index (χ2n) is 13.6. The van der Waals surface area contributed by atoms with Gasteiger partial charge in [0.25, 0.3) is 0 Å². The van der Waals surface area contributed by atoms with Crippen molar-refractivity contribution in [3.63, 3.8) is 0 Å². The van der Waals surface area contributed by atoms with Crippen LogP contribution in [0.15, 0.2) is 12.2 Å². The van der Waals surface area contributed by atoms with E-state index >= 15 is 0 Å². The van der Waals surface area contributed by atoms with E-state index in [4.69, 9.17) is 14.2 Å². The number of rotatable bonds is 5. The maximum atomic E-state index is 14.1. The largest absolute Gasteiger partial charge is 0.444 e. The predicted octanol–water partition coefficient (Wildman–Crippen LogP) is 1.80. The number of aliphatic hydroxyl groups is 4. The fraction of sp³-hybridized carbons (Fsp3) is 0.867. The van der Waals surface area contributed by atoms with E-state index in [1.165, 1.54) is 16.7 Å². The van der Waals surface area contributed by atoms with Gasteiger partial charge in [0.15, 0.2) is 0 Å². The molecule has 3 fully saturated rings. The lowest BCUT2D eigenvalue weighted by Gasteiger charge is -2.44. The zero-order valence-corrected chi connectivity index (χ0v) is 26.2. The van der Waals surface area contributed by atoms with Crippen molar-refractivity contribution in [3.8, 4) is 0 Å². The van der Waals surface area contributed by atoms with Crippen LogP contribution in [0.3, 0.4) is 0 Å². The Hall–Kier alpha value is -1.41.